The molecule has 1 aliphatic rings. The van der Waals surface area contributed by atoms with Crippen molar-refractivity contribution >= 4 is 22.6 Å². The summed E-state index contributed by atoms with van der Waals surface area (Å²) in [4.78, 5) is 11.3. The molecule has 1 heterocycles. The minimum Gasteiger partial charge on any atom is -0.530 e. The van der Waals surface area contributed by atoms with Gasteiger partial charge in [0.2, 0.25) is 0 Å². The smallest absolute Gasteiger partial charge is 0.157 e. The SMILES string of the molecule is Cc1c(C)c2c(c(C)c1NC(=O)[O-])C(O)(c1ccc3ccccc3c1)C(C)(C)O2. The van der Waals surface area contributed by atoms with Crippen LogP contribution in [-0.4, -0.2) is 16.8 Å². The number of hydrogen-bond donors (Lipinski definition) is 2. The van der Waals surface area contributed by atoms with Crippen LogP contribution in [0.15, 0.2) is 42.5 Å². The van der Waals surface area contributed by atoms with Gasteiger partial charge in [0.15, 0.2) is 5.60 Å². The normalized spacial score (nSPS) is 19.7. The summed E-state index contributed by atoms with van der Waals surface area (Å²) >= 11 is 0. The molecule has 2 N–H and O–H groups in total. The molecule has 0 aliphatic carbocycles. The van der Waals surface area contributed by atoms with Crippen molar-refractivity contribution in [2.45, 2.75) is 45.8 Å². The number of amides is 1. The number of carboxylic acid groups (broad SMARTS) is 1. The van der Waals surface area contributed by atoms with Crippen LogP contribution < -0.4 is 15.2 Å². The van der Waals surface area contributed by atoms with E-state index in [1.54, 1.807) is 6.92 Å². The number of hydrogen-bond acceptors (Lipinski definition) is 4. The minimum atomic E-state index is -1.46. The van der Waals surface area contributed by atoms with Crippen LogP contribution >= 0.6 is 0 Å². The first-order valence-electron chi connectivity index (χ1n) is 9.61. The van der Waals surface area contributed by atoms with Gasteiger partial charge in [0.05, 0.1) is 0 Å². The Morgan fingerprint density at radius 2 is 1.66 bits per heavy atom. The molecule has 29 heavy (non-hydrogen) atoms. The van der Waals surface area contributed by atoms with E-state index < -0.39 is 17.3 Å². The number of benzene rings is 3. The number of nitrogens with one attached hydrogen (secondary N) is 1. The number of fused-ring (bicyclic) bond motifs is 2. The van der Waals surface area contributed by atoms with Crippen molar-refractivity contribution in [2.75, 3.05) is 5.32 Å². The predicted molar refractivity (Wildman–Crippen MR) is 111 cm³/mol. The monoisotopic (exact) mass is 390 g/mol. The maximum absolute atomic E-state index is 12.1. The Labute approximate surface area is 169 Å². The molecule has 0 aromatic heterocycles. The van der Waals surface area contributed by atoms with E-state index in [1.165, 1.54) is 0 Å². The van der Waals surface area contributed by atoms with Crippen molar-refractivity contribution < 1.29 is 19.7 Å². The molecule has 1 amide bonds. The summed E-state index contributed by atoms with van der Waals surface area (Å²) in [6, 6.07) is 13.8. The zero-order valence-electron chi connectivity index (χ0n) is 17.2. The summed E-state index contributed by atoms with van der Waals surface area (Å²) in [5.74, 6) is 0.601. The number of rotatable bonds is 2. The van der Waals surface area contributed by atoms with Crippen LogP contribution in [0.25, 0.3) is 10.8 Å². The van der Waals surface area contributed by atoms with Gasteiger partial charge in [-0.3, -0.25) is 0 Å². The fourth-order valence-corrected chi connectivity index (χ4v) is 4.51. The maximum Gasteiger partial charge on any atom is 0.157 e. The summed E-state index contributed by atoms with van der Waals surface area (Å²) < 4.78 is 6.29. The van der Waals surface area contributed by atoms with Gasteiger partial charge in [0.1, 0.15) is 17.4 Å². The van der Waals surface area contributed by atoms with E-state index in [-0.39, 0.29) is 0 Å². The van der Waals surface area contributed by atoms with Gasteiger partial charge < -0.3 is 25.1 Å². The average Bonchev–Trinajstić information content (AvgIpc) is 2.90. The van der Waals surface area contributed by atoms with Gasteiger partial charge in [0.25, 0.3) is 0 Å². The molecule has 3 aromatic rings. The summed E-state index contributed by atoms with van der Waals surface area (Å²) in [6.45, 7) is 9.20. The van der Waals surface area contributed by atoms with E-state index in [0.29, 0.717) is 28.1 Å². The first-order chi connectivity index (χ1) is 13.6. The molecule has 4 rings (SSSR count). The molecule has 0 fully saturated rings. The third-order valence-corrected chi connectivity index (χ3v) is 6.24. The van der Waals surface area contributed by atoms with E-state index in [9.17, 15) is 15.0 Å². The van der Waals surface area contributed by atoms with Crippen LogP contribution in [0.3, 0.4) is 0 Å². The lowest BCUT2D eigenvalue weighted by molar-refractivity contribution is -0.242. The highest BCUT2D eigenvalue weighted by Crippen LogP contribution is 2.56. The fraction of sp³-hybridized carbons (Fsp3) is 0.292. The van der Waals surface area contributed by atoms with Gasteiger partial charge >= 0.3 is 0 Å². The minimum absolute atomic E-state index is 0.432. The first kappa shape index (κ1) is 19.3. The molecule has 0 spiro atoms. The van der Waals surface area contributed by atoms with Crippen LogP contribution in [0.1, 0.15) is 41.7 Å². The van der Waals surface area contributed by atoms with E-state index in [4.69, 9.17) is 4.74 Å². The quantitative estimate of drug-likeness (QED) is 0.695. The second-order valence-electron chi connectivity index (χ2n) is 8.25. The van der Waals surface area contributed by atoms with Crippen molar-refractivity contribution in [1.82, 2.24) is 0 Å². The summed E-state index contributed by atoms with van der Waals surface area (Å²) in [7, 11) is 0. The highest BCUT2D eigenvalue weighted by atomic mass is 16.5. The molecule has 1 atom stereocenters. The van der Waals surface area contributed by atoms with Crippen LogP contribution in [0.2, 0.25) is 0 Å². The average molecular weight is 390 g/mol. The predicted octanol–water partition coefficient (Wildman–Crippen LogP) is 3.93. The fourth-order valence-electron chi connectivity index (χ4n) is 4.51. The third-order valence-electron chi connectivity index (χ3n) is 6.24. The number of aliphatic hydroxyl groups is 1. The van der Waals surface area contributed by atoms with Gasteiger partial charge in [-0.2, -0.15) is 0 Å². The molecule has 0 saturated carbocycles. The van der Waals surface area contributed by atoms with Gasteiger partial charge in [-0.05, 0) is 73.7 Å². The van der Waals surface area contributed by atoms with Crippen LogP contribution in [0, 0.1) is 20.8 Å². The molecule has 1 unspecified atom stereocenters. The van der Waals surface area contributed by atoms with E-state index in [2.05, 4.69) is 5.32 Å². The van der Waals surface area contributed by atoms with Gasteiger partial charge in [-0.25, -0.2) is 0 Å². The molecule has 5 heteroatoms. The topological polar surface area (TPSA) is 81.6 Å². The Hall–Kier alpha value is -3.05. The Balaban J connectivity index is 2.04. The number of ether oxygens (including phenoxy) is 1. The Bertz CT molecular complexity index is 1170. The Morgan fingerprint density at radius 1 is 1.00 bits per heavy atom. The molecule has 5 nitrogen and oxygen atoms in total. The molecule has 1 aliphatic heterocycles. The molecule has 0 radical (unpaired) electrons. The van der Waals surface area contributed by atoms with Gasteiger partial charge in [-0.1, -0.05) is 36.4 Å². The largest absolute Gasteiger partial charge is 0.530 e. The lowest BCUT2D eigenvalue weighted by atomic mass is 9.73. The molecule has 0 saturated heterocycles. The van der Waals surface area contributed by atoms with Crippen molar-refractivity contribution in [3.8, 4) is 5.75 Å². The molecule has 3 aromatic carbocycles. The third kappa shape index (κ3) is 2.61. The van der Waals surface area contributed by atoms with E-state index in [0.717, 1.165) is 21.9 Å². The summed E-state index contributed by atoms with van der Waals surface area (Å²) in [5, 5.41) is 27.9. The van der Waals surface area contributed by atoms with Crippen molar-refractivity contribution in [3.63, 3.8) is 0 Å². The molecule has 0 bridgehead atoms. The molecular weight excluding hydrogens is 366 g/mol. The highest BCUT2D eigenvalue weighted by molar-refractivity contribution is 5.87. The van der Waals surface area contributed by atoms with E-state index in [1.807, 2.05) is 70.2 Å². The van der Waals surface area contributed by atoms with Crippen LogP contribution in [0.4, 0.5) is 10.5 Å². The van der Waals surface area contributed by atoms with Crippen molar-refractivity contribution in [1.29, 1.82) is 0 Å². The van der Waals surface area contributed by atoms with Crippen molar-refractivity contribution in [2.24, 2.45) is 0 Å². The highest BCUT2D eigenvalue weighted by Gasteiger charge is 2.56. The van der Waals surface area contributed by atoms with Crippen LogP contribution in [0.5, 0.6) is 5.75 Å². The van der Waals surface area contributed by atoms with Crippen LogP contribution in [-0.2, 0) is 5.60 Å². The number of carbonyl (C=O) groups is 1. The van der Waals surface area contributed by atoms with Gasteiger partial charge in [0, 0.05) is 11.3 Å². The molecular formula is C24H24NO4-. The lowest BCUT2D eigenvalue weighted by Gasteiger charge is -2.36. The van der Waals surface area contributed by atoms with Gasteiger partial charge in [-0.15, -0.1) is 0 Å². The van der Waals surface area contributed by atoms with E-state index >= 15 is 0 Å². The zero-order valence-corrected chi connectivity index (χ0v) is 17.2. The Kier molecular flexibility index (Phi) is 4.14. The lowest BCUT2D eigenvalue weighted by Crippen LogP contribution is -2.47. The summed E-state index contributed by atoms with van der Waals surface area (Å²) in [5.41, 5.74) is 1.48. The van der Waals surface area contributed by atoms with Crippen molar-refractivity contribution in [3.05, 3.63) is 70.3 Å². The Morgan fingerprint density at radius 3 is 2.31 bits per heavy atom. The zero-order chi connectivity index (χ0) is 21.1. The maximum atomic E-state index is 12.1. The standard InChI is InChI=1S/C24H25NO4/c1-13-14(2)21-19(15(3)20(13)25-22(26)27)24(28,23(4,5)29-21)18-11-10-16-8-6-7-9-17(16)12-18/h6-12,25,28H,1-5H3,(H,26,27)/p-1. The second kappa shape index (κ2) is 6.22. The second-order valence-corrected chi connectivity index (χ2v) is 8.25. The summed E-state index contributed by atoms with van der Waals surface area (Å²) in [6.07, 6.45) is -1.39. The number of carbonyl (C=O) groups excluding carboxylic acids is 1. The first-order valence-corrected chi connectivity index (χ1v) is 9.61. The molecule has 150 valence electrons. The number of anilines is 1.